The van der Waals surface area contributed by atoms with Gasteiger partial charge in [0.05, 0.1) is 17.1 Å². The van der Waals surface area contributed by atoms with E-state index in [9.17, 15) is 4.79 Å². The van der Waals surface area contributed by atoms with E-state index >= 15 is 0 Å². The van der Waals surface area contributed by atoms with Gasteiger partial charge in [-0.15, -0.1) is 0 Å². The number of halogens is 1. The van der Waals surface area contributed by atoms with E-state index in [0.29, 0.717) is 29.7 Å². The van der Waals surface area contributed by atoms with Gasteiger partial charge in [0.25, 0.3) is 0 Å². The van der Waals surface area contributed by atoms with Crippen LogP contribution in [-0.2, 0) is 11.2 Å². The molecule has 3 rings (SSSR count). The highest BCUT2D eigenvalue weighted by molar-refractivity contribution is 6.34. The minimum absolute atomic E-state index is 0.115. The van der Waals surface area contributed by atoms with Crippen LogP contribution in [0.5, 0.6) is 11.5 Å². The van der Waals surface area contributed by atoms with Crippen molar-refractivity contribution in [1.82, 2.24) is 0 Å². The summed E-state index contributed by atoms with van der Waals surface area (Å²) in [6, 6.07) is 9.38. The first-order valence-corrected chi connectivity index (χ1v) is 7.86. The zero-order valence-corrected chi connectivity index (χ0v) is 13.9. The smallest absolute Gasteiger partial charge is 0.228 e. The highest BCUT2D eigenvalue weighted by Crippen LogP contribution is 2.31. The summed E-state index contributed by atoms with van der Waals surface area (Å²) in [6.45, 7) is 4.98. The highest BCUT2D eigenvalue weighted by atomic mass is 35.5. The monoisotopic (exact) mass is 331 g/mol. The molecule has 0 spiro atoms. The van der Waals surface area contributed by atoms with Crippen molar-refractivity contribution < 1.29 is 14.3 Å². The second kappa shape index (κ2) is 6.50. The van der Waals surface area contributed by atoms with Gasteiger partial charge in [-0.2, -0.15) is 0 Å². The normalized spacial score (nSPS) is 12.8. The van der Waals surface area contributed by atoms with Gasteiger partial charge in [0, 0.05) is 0 Å². The minimum Gasteiger partial charge on any atom is -0.486 e. The topological polar surface area (TPSA) is 47.6 Å². The van der Waals surface area contributed by atoms with Crippen LogP contribution in [-0.4, -0.2) is 19.1 Å². The van der Waals surface area contributed by atoms with E-state index in [2.05, 4.69) is 5.32 Å². The van der Waals surface area contributed by atoms with Crippen molar-refractivity contribution >= 4 is 23.2 Å². The summed E-state index contributed by atoms with van der Waals surface area (Å²) in [5, 5.41) is 3.45. The molecule has 5 heteroatoms. The molecule has 2 aromatic carbocycles. The van der Waals surface area contributed by atoms with Crippen LogP contribution >= 0.6 is 11.6 Å². The van der Waals surface area contributed by atoms with E-state index in [4.69, 9.17) is 21.1 Å². The Kier molecular flexibility index (Phi) is 4.44. The Morgan fingerprint density at radius 3 is 2.61 bits per heavy atom. The van der Waals surface area contributed by atoms with Crippen LogP contribution in [0, 0.1) is 13.8 Å². The number of ether oxygens (including phenoxy) is 2. The van der Waals surface area contributed by atoms with Gasteiger partial charge in [0.1, 0.15) is 13.2 Å². The van der Waals surface area contributed by atoms with Gasteiger partial charge in [-0.3, -0.25) is 4.79 Å². The van der Waals surface area contributed by atoms with Crippen molar-refractivity contribution in [3.8, 4) is 11.5 Å². The Morgan fingerprint density at radius 2 is 1.87 bits per heavy atom. The number of carbonyl (C=O) groups is 1. The SMILES string of the molecule is Cc1cc(C)c(NC(=O)Cc2ccc3c(c2)OCCO3)c(Cl)c1. The van der Waals surface area contributed by atoms with Gasteiger partial charge in [-0.05, 0) is 48.7 Å². The quantitative estimate of drug-likeness (QED) is 0.927. The Morgan fingerprint density at radius 1 is 1.13 bits per heavy atom. The molecule has 1 aliphatic rings. The predicted octanol–water partition coefficient (Wildman–Crippen LogP) is 3.91. The summed E-state index contributed by atoms with van der Waals surface area (Å²) in [5.41, 5.74) is 3.55. The number of anilines is 1. The van der Waals surface area contributed by atoms with Crippen LogP contribution in [0.25, 0.3) is 0 Å². The fraction of sp³-hybridized carbons (Fsp3) is 0.278. The third-order valence-corrected chi connectivity index (χ3v) is 3.97. The summed E-state index contributed by atoms with van der Waals surface area (Å²) in [6.07, 6.45) is 0.250. The van der Waals surface area contributed by atoms with E-state index in [0.717, 1.165) is 22.4 Å². The predicted molar refractivity (Wildman–Crippen MR) is 90.7 cm³/mol. The molecular weight excluding hydrogens is 314 g/mol. The molecule has 0 saturated heterocycles. The van der Waals surface area contributed by atoms with Gasteiger partial charge >= 0.3 is 0 Å². The molecule has 0 aromatic heterocycles. The van der Waals surface area contributed by atoms with Crippen LogP contribution < -0.4 is 14.8 Å². The number of rotatable bonds is 3. The maximum atomic E-state index is 12.3. The van der Waals surface area contributed by atoms with Crippen LogP contribution in [0.15, 0.2) is 30.3 Å². The van der Waals surface area contributed by atoms with Crippen LogP contribution in [0.1, 0.15) is 16.7 Å². The summed E-state index contributed by atoms with van der Waals surface area (Å²) in [7, 11) is 0. The Hall–Kier alpha value is -2.20. The number of aryl methyl sites for hydroxylation is 2. The fourth-order valence-electron chi connectivity index (χ4n) is 2.64. The lowest BCUT2D eigenvalue weighted by Crippen LogP contribution is -2.17. The molecule has 0 atom stereocenters. The Labute approximate surface area is 140 Å². The standard InChI is InChI=1S/C18H18ClNO3/c1-11-7-12(2)18(14(19)8-11)20-17(21)10-13-3-4-15-16(9-13)23-6-5-22-15/h3-4,7-9H,5-6,10H2,1-2H3,(H,20,21). The molecule has 0 aliphatic carbocycles. The number of nitrogens with one attached hydrogen (secondary N) is 1. The molecule has 4 nitrogen and oxygen atoms in total. The second-order valence-corrected chi connectivity index (χ2v) is 6.05. The van der Waals surface area contributed by atoms with Crippen LogP contribution in [0.4, 0.5) is 5.69 Å². The lowest BCUT2D eigenvalue weighted by molar-refractivity contribution is -0.115. The van der Waals surface area contributed by atoms with Gasteiger partial charge in [0.2, 0.25) is 5.91 Å². The molecule has 120 valence electrons. The van der Waals surface area contributed by atoms with E-state index in [-0.39, 0.29) is 12.3 Å². The van der Waals surface area contributed by atoms with Gasteiger partial charge in [0.15, 0.2) is 11.5 Å². The highest BCUT2D eigenvalue weighted by Gasteiger charge is 2.14. The third-order valence-electron chi connectivity index (χ3n) is 3.67. The van der Waals surface area contributed by atoms with E-state index in [1.807, 2.05) is 44.2 Å². The molecule has 1 aliphatic heterocycles. The van der Waals surface area contributed by atoms with Crippen molar-refractivity contribution in [1.29, 1.82) is 0 Å². The average Bonchev–Trinajstić information content (AvgIpc) is 2.51. The van der Waals surface area contributed by atoms with Crippen molar-refractivity contribution in [2.24, 2.45) is 0 Å². The van der Waals surface area contributed by atoms with Gasteiger partial charge in [-0.1, -0.05) is 23.7 Å². The Balaban J connectivity index is 1.73. The maximum Gasteiger partial charge on any atom is 0.228 e. The van der Waals surface area contributed by atoms with E-state index < -0.39 is 0 Å². The zero-order chi connectivity index (χ0) is 16.4. The molecule has 0 saturated carbocycles. The number of benzene rings is 2. The molecule has 0 radical (unpaired) electrons. The first-order valence-electron chi connectivity index (χ1n) is 7.48. The lowest BCUT2D eigenvalue weighted by atomic mass is 10.1. The second-order valence-electron chi connectivity index (χ2n) is 5.64. The molecule has 0 fully saturated rings. The molecule has 0 bridgehead atoms. The maximum absolute atomic E-state index is 12.3. The van der Waals surface area contributed by atoms with Gasteiger partial charge in [-0.25, -0.2) is 0 Å². The molecular formula is C18H18ClNO3. The largest absolute Gasteiger partial charge is 0.486 e. The van der Waals surface area contributed by atoms with E-state index in [1.165, 1.54) is 0 Å². The van der Waals surface area contributed by atoms with Crippen molar-refractivity contribution in [3.63, 3.8) is 0 Å². The molecule has 23 heavy (non-hydrogen) atoms. The summed E-state index contributed by atoms with van der Waals surface area (Å²) >= 11 is 6.23. The third kappa shape index (κ3) is 3.59. The van der Waals surface area contributed by atoms with Crippen molar-refractivity contribution in [2.75, 3.05) is 18.5 Å². The van der Waals surface area contributed by atoms with E-state index in [1.54, 1.807) is 0 Å². The fourth-order valence-corrected chi connectivity index (χ4v) is 3.01. The van der Waals surface area contributed by atoms with Crippen molar-refractivity contribution in [3.05, 3.63) is 52.0 Å². The number of amides is 1. The number of hydrogen-bond donors (Lipinski definition) is 1. The van der Waals surface area contributed by atoms with Crippen molar-refractivity contribution in [2.45, 2.75) is 20.3 Å². The Bertz CT molecular complexity index is 735. The number of hydrogen-bond acceptors (Lipinski definition) is 3. The molecule has 2 aromatic rings. The summed E-state index contributed by atoms with van der Waals surface area (Å²) in [5.74, 6) is 1.29. The molecule has 0 unspecified atom stereocenters. The summed E-state index contributed by atoms with van der Waals surface area (Å²) in [4.78, 5) is 12.3. The molecule has 1 N–H and O–H groups in total. The first-order chi connectivity index (χ1) is 11.0. The number of carbonyl (C=O) groups excluding carboxylic acids is 1. The summed E-state index contributed by atoms with van der Waals surface area (Å²) < 4.78 is 11.0. The molecule has 1 amide bonds. The lowest BCUT2D eigenvalue weighted by Gasteiger charge is -2.19. The van der Waals surface area contributed by atoms with Crippen LogP contribution in [0.3, 0.4) is 0 Å². The minimum atomic E-state index is -0.115. The molecule has 1 heterocycles. The van der Waals surface area contributed by atoms with Gasteiger partial charge < -0.3 is 14.8 Å². The van der Waals surface area contributed by atoms with Crippen LogP contribution in [0.2, 0.25) is 5.02 Å². The average molecular weight is 332 g/mol. The number of fused-ring (bicyclic) bond motifs is 1. The first kappa shape index (κ1) is 15.7. The zero-order valence-electron chi connectivity index (χ0n) is 13.1.